The van der Waals surface area contributed by atoms with Crippen LogP contribution in [0.3, 0.4) is 0 Å². The van der Waals surface area contributed by atoms with Crippen LogP contribution in [0.15, 0.2) is 4.99 Å². The van der Waals surface area contributed by atoms with E-state index in [4.69, 9.17) is 14.5 Å². The van der Waals surface area contributed by atoms with Crippen molar-refractivity contribution in [2.24, 2.45) is 4.99 Å². The van der Waals surface area contributed by atoms with Crippen molar-refractivity contribution < 1.29 is 9.47 Å². The van der Waals surface area contributed by atoms with Gasteiger partial charge in [0.05, 0.1) is 6.10 Å². The second-order valence-electron chi connectivity index (χ2n) is 8.27. The highest BCUT2D eigenvalue weighted by Crippen LogP contribution is 2.21. The molecule has 1 aliphatic heterocycles. The molecule has 1 saturated heterocycles. The second-order valence-corrected chi connectivity index (χ2v) is 8.27. The van der Waals surface area contributed by atoms with E-state index >= 15 is 0 Å². The van der Waals surface area contributed by atoms with E-state index in [2.05, 4.69) is 29.1 Å². The van der Waals surface area contributed by atoms with Gasteiger partial charge in [0.1, 0.15) is 0 Å². The molecule has 0 aromatic rings. The van der Waals surface area contributed by atoms with Crippen molar-refractivity contribution in [1.82, 2.24) is 15.1 Å². The SMILES string of the molecule is CCNC(=NCCCN(C)C1CCCCC1)N1CCC(OCCCOC)CC1.I. The quantitative estimate of drug-likeness (QED) is 0.193. The summed E-state index contributed by atoms with van der Waals surface area (Å²) in [6.07, 6.45) is 11.7. The monoisotopic (exact) mass is 524 g/mol. The zero-order valence-corrected chi connectivity index (χ0v) is 21.4. The number of halogens is 1. The van der Waals surface area contributed by atoms with E-state index in [1.165, 1.54) is 32.1 Å². The summed E-state index contributed by atoms with van der Waals surface area (Å²) in [6.45, 7) is 8.79. The Morgan fingerprint density at radius 3 is 2.45 bits per heavy atom. The summed E-state index contributed by atoms with van der Waals surface area (Å²) in [6, 6.07) is 0.800. The summed E-state index contributed by atoms with van der Waals surface area (Å²) in [5.41, 5.74) is 0. The molecule has 0 bridgehead atoms. The fourth-order valence-electron chi connectivity index (χ4n) is 4.32. The number of nitrogens with one attached hydrogen (secondary N) is 1. The molecule has 0 unspecified atom stereocenters. The first-order chi connectivity index (χ1) is 13.7. The standard InChI is InChI=1S/C22H44N4O2.HI/c1-4-23-22(24-14-8-15-25(2)20-10-6-5-7-11-20)26-16-12-21(13-17-26)28-19-9-18-27-3;/h20-21H,4-19H2,1-3H3,(H,23,24);1H. The minimum Gasteiger partial charge on any atom is -0.385 e. The molecular weight excluding hydrogens is 479 g/mol. The molecule has 0 radical (unpaired) electrons. The van der Waals surface area contributed by atoms with E-state index in [-0.39, 0.29) is 24.0 Å². The number of guanidine groups is 1. The molecule has 2 rings (SSSR count). The fourth-order valence-corrected chi connectivity index (χ4v) is 4.32. The van der Waals surface area contributed by atoms with Crippen molar-refractivity contribution in [3.63, 3.8) is 0 Å². The van der Waals surface area contributed by atoms with Crippen LogP contribution in [0.2, 0.25) is 0 Å². The Kier molecular flexibility index (Phi) is 15.4. The third kappa shape index (κ3) is 10.6. The minimum atomic E-state index is 0. The van der Waals surface area contributed by atoms with Crippen LogP contribution in [0.1, 0.15) is 64.7 Å². The van der Waals surface area contributed by atoms with Gasteiger partial charge < -0.3 is 24.6 Å². The van der Waals surface area contributed by atoms with Crippen LogP contribution in [-0.2, 0) is 9.47 Å². The van der Waals surface area contributed by atoms with Crippen molar-refractivity contribution in [2.45, 2.75) is 76.9 Å². The highest BCUT2D eigenvalue weighted by Gasteiger charge is 2.22. The highest BCUT2D eigenvalue weighted by molar-refractivity contribution is 14.0. The van der Waals surface area contributed by atoms with Gasteiger partial charge in [0.25, 0.3) is 0 Å². The number of methoxy groups -OCH3 is 1. The molecule has 1 heterocycles. The molecule has 2 fully saturated rings. The molecule has 0 atom stereocenters. The molecule has 0 spiro atoms. The summed E-state index contributed by atoms with van der Waals surface area (Å²) in [5, 5.41) is 3.48. The smallest absolute Gasteiger partial charge is 0.193 e. The van der Waals surface area contributed by atoms with E-state index in [9.17, 15) is 0 Å². The predicted octanol–water partition coefficient (Wildman–Crippen LogP) is 3.74. The molecular formula is C22H45IN4O2. The van der Waals surface area contributed by atoms with Gasteiger partial charge >= 0.3 is 0 Å². The maximum absolute atomic E-state index is 5.98. The largest absolute Gasteiger partial charge is 0.385 e. The second kappa shape index (κ2) is 16.6. The Morgan fingerprint density at radius 1 is 1.07 bits per heavy atom. The fraction of sp³-hybridized carbons (Fsp3) is 0.955. The molecule has 0 aromatic carbocycles. The van der Waals surface area contributed by atoms with Gasteiger partial charge in [-0.05, 0) is 59.0 Å². The first kappa shape index (κ1) is 26.9. The number of hydrogen-bond acceptors (Lipinski definition) is 4. The van der Waals surface area contributed by atoms with Crippen LogP contribution < -0.4 is 5.32 Å². The van der Waals surface area contributed by atoms with Crippen molar-refractivity contribution in [1.29, 1.82) is 0 Å². The average molecular weight is 525 g/mol. The molecule has 1 aliphatic carbocycles. The zero-order valence-electron chi connectivity index (χ0n) is 19.0. The molecule has 172 valence electrons. The number of nitrogens with zero attached hydrogens (tertiary/aromatic N) is 3. The van der Waals surface area contributed by atoms with Gasteiger partial charge in [0.15, 0.2) is 5.96 Å². The Labute approximate surface area is 196 Å². The average Bonchev–Trinajstić information content (AvgIpc) is 2.74. The number of piperidine rings is 1. The summed E-state index contributed by atoms with van der Waals surface area (Å²) >= 11 is 0. The van der Waals surface area contributed by atoms with Crippen LogP contribution in [0.5, 0.6) is 0 Å². The lowest BCUT2D eigenvalue weighted by atomic mass is 9.94. The predicted molar refractivity (Wildman–Crippen MR) is 133 cm³/mol. The van der Waals surface area contributed by atoms with E-state index in [1.807, 2.05) is 0 Å². The molecule has 7 heteroatoms. The number of aliphatic imine (C=N–C) groups is 1. The normalized spacial score (nSPS) is 19.4. The molecule has 6 nitrogen and oxygen atoms in total. The van der Waals surface area contributed by atoms with Gasteiger partial charge in [-0.1, -0.05) is 19.3 Å². The van der Waals surface area contributed by atoms with E-state index in [0.717, 1.165) is 83.6 Å². The molecule has 0 amide bonds. The van der Waals surface area contributed by atoms with Gasteiger partial charge in [-0.2, -0.15) is 0 Å². The topological polar surface area (TPSA) is 49.3 Å². The lowest BCUT2D eigenvalue weighted by Crippen LogP contribution is -2.47. The number of hydrogen-bond donors (Lipinski definition) is 1. The van der Waals surface area contributed by atoms with Crippen LogP contribution in [-0.4, -0.2) is 88.0 Å². The Morgan fingerprint density at radius 2 is 1.79 bits per heavy atom. The molecule has 1 N–H and O–H groups in total. The molecule has 29 heavy (non-hydrogen) atoms. The third-order valence-electron chi connectivity index (χ3n) is 6.05. The van der Waals surface area contributed by atoms with E-state index in [0.29, 0.717) is 6.10 Å². The summed E-state index contributed by atoms with van der Waals surface area (Å²) in [5.74, 6) is 1.08. The van der Waals surface area contributed by atoms with Crippen molar-refractivity contribution in [2.75, 3.05) is 60.1 Å². The van der Waals surface area contributed by atoms with Gasteiger partial charge in [-0.25, -0.2) is 0 Å². The van der Waals surface area contributed by atoms with Gasteiger partial charge in [0, 0.05) is 52.5 Å². The van der Waals surface area contributed by atoms with Gasteiger partial charge in [0.2, 0.25) is 0 Å². The van der Waals surface area contributed by atoms with Gasteiger partial charge in [-0.15, -0.1) is 24.0 Å². The zero-order chi connectivity index (χ0) is 20.0. The summed E-state index contributed by atoms with van der Waals surface area (Å²) in [4.78, 5) is 9.88. The first-order valence-electron chi connectivity index (χ1n) is 11.6. The maximum Gasteiger partial charge on any atom is 0.193 e. The van der Waals surface area contributed by atoms with Crippen molar-refractivity contribution in [3.05, 3.63) is 0 Å². The number of rotatable bonds is 11. The molecule has 0 aromatic heterocycles. The highest BCUT2D eigenvalue weighted by atomic mass is 127. The Balaban J connectivity index is 0.00000420. The molecule has 1 saturated carbocycles. The van der Waals surface area contributed by atoms with E-state index < -0.39 is 0 Å². The Hall–Kier alpha value is -0.120. The molecule has 2 aliphatic rings. The lowest BCUT2D eigenvalue weighted by Gasteiger charge is -2.34. The van der Waals surface area contributed by atoms with Crippen LogP contribution in [0.4, 0.5) is 0 Å². The lowest BCUT2D eigenvalue weighted by molar-refractivity contribution is 0.00990. The van der Waals surface area contributed by atoms with Crippen molar-refractivity contribution >= 4 is 29.9 Å². The van der Waals surface area contributed by atoms with Crippen LogP contribution >= 0.6 is 24.0 Å². The van der Waals surface area contributed by atoms with E-state index in [1.54, 1.807) is 7.11 Å². The Bertz CT molecular complexity index is 425. The first-order valence-corrected chi connectivity index (χ1v) is 11.6. The van der Waals surface area contributed by atoms with Crippen LogP contribution in [0, 0.1) is 0 Å². The van der Waals surface area contributed by atoms with Crippen LogP contribution in [0.25, 0.3) is 0 Å². The maximum atomic E-state index is 5.98. The summed E-state index contributed by atoms with van der Waals surface area (Å²) in [7, 11) is 4.04. The number of likely N-dealkylation sites (tertiary alicyclic amines) is 1. The number of ether oxygens (including phenoxy) is 2. The minimum absolute atomic E-state index is 0. The summed E-state index contributed by atoms with van der Waals surface area (Å²) < 4.78 is 11.1. The van der Waals surface area contributed by atoms with Crippen molar-refractivity contribution in [3.8, 4) is 0 Å². The third-order valence-corrected chi connectivity index (χ3v) is 6.05. The van der Waals surface area contributed by atoms with Gasteiger partial charge in [-0.3, -0.25) is 4.99 Å².